The number of rotatable bonds is 1. The van der Waals surface area contributed by atoms with Crippen LogP contribution in [-0.4, -0.2) is 43.6 Å². The minimum Gasteiger partial charge on any atom is -0.321 e. The van der Waals surface area contributed by atoms with E-state index >= 15 is 0 Å². The molecule has 0 radical (unpaired) electrons. The first-order valence-electron chi connectivity index (χ1n) is 5.32. The monoisotopic (exact) mass is 218 g/mol. The SMILES string of the molecule is CC(C)[C@H]1COP2OCCNCCN12. The molecule has 0 aromatic heterocycles. The van der Waals surface area contributed by atoms with Gasteiger partial charge in [0, 0.05) is 25.7 Å². The van der Waals surface area contributed by atoms with Crippen molar-refractivity contribution in [2.45, 2.75) is 19.9 Å². The first-order valence-corrected chi connectivity index (χ1v) is 6.45. The zero-order valence-electron chi connectivity index (χ0n) is 8.90. The number of fused-ring (bicyclic) bond motifs is 1. The average molecular weight is 218 g/mol. The Morgan fingerprint density at radius 1 is 1.36 bits per heavy atom. The summed E-state index contributed by atoms with van der Waals surface area (Å²) in [5, 5.41) is 3.35. The minimum atomic E-state index is -0.742. The van der Waals surface area contributed by atoms with Crippen molar-refractivity contribution >= 4 is 8.53 Å². The molecule has 14 heavy (non-hydrogen) atoms. The molecule has 1 unspecified atom stereocenters. The molecule has 4 nitrogen and oxygen atoms in total. The lowest BCUT2D eigenvalue weighted by Crippen LogP contribution is -2.39. The standard InChI is InChI=1S/C9H19N2O2P/c1-8(2)9-7-13-14-11(9)5-3-10-4-6-12-14/h8-10H,3-7H2,1-2H3/t9-,14?/m1/s1. The third-order valence-electron chi connectivity index (χ3n) is 2.72. The summed E-state index contributed by atoms with van der Waals surface area (Å²) >= 11 is 0. The van der Waals surface area contributed by atoms with Crippen LogP contribution in [0.1, 0.15) is 13.8 Å². The van der Waals surface area contributed by atoms with Crippen molar-refractivity contribution in [3.63, 3.8) is 0 Å². The molecular formula is C9H19N2O2P. The number of nitrogens with one attached hydrogen (secondary N) is 1. The van der Waals surface area contributed by atoms with Gasteiger partial charge in [-0.15, -0.1) is 0 Å². The van der Waals surface area contributed by atoms with Crippen LogP contribution < -0.4 is 5.32 Å². The summed E-state index contributed by atoms with van der Waals surface area (Å²) in [5.74, 6) is 0.644. The van der Waals surface area contributed by atoms with E-state index in [2.05, 4.69) is 23.8 Å². The van der Waals surface area contributed by atoms with Gasteiger partial charge in [0.2, 0.25) is 0 Å². The Hall–Kier alpha value is 0.270. The summed E-state index contributed by atoms with van der Waals surface area (Å²) in [6.07, 6.45) is 0. The first-order chi connectivity index (χ1) is 6.79. The number of hydrogen-bond donors (Lipinski definition) is 1. The van der Waals surface area contributed by atoms with Crippen molar-refractivity contribution in [3.05, 3.63) is 0 Å². The Morgan fingerprint density at radius 3 is 3.00 bits per heavy atom. The zero-order chi connectivity index (χ0) is 9.97. The third kappa shape index (κ3) is 2.26. The molecule has 2 heterocycles. The predicted molar refractivity (Wildman–Crippen MR) is 57.0 cm³/mol. The van der Waals surface area contributed by atoms with Gasteiger partial charge in [-0.3, -0.25) is 0 Å². The second-order valence-corrected chi connectivity index (χ2v) is 5.60. The lowest BCUT2D eigenvalue weighted by molar-refractivity contribution is 0.242. The van der Waals surface area contributed by atoms with Gasteiger partial charge < -0.3 is 14.4 Å². The molecule has 0 spiro atoms. The molecule has 0 bridgehead atoms. The van der Waals surface area contributed by atoms with E-state index in [1.54, 1.807) is 0 Å². The number of nitrogens with zero attached hydrogens (tertiary/aromatic N) is 1. The van der Waals surface area contributed by atoms with Gasteiger partial charge in [-0.25, -0.2) is 4.67 Å². The molecule has 0 aromatic carbocycles. The molecule has 2 fully saturated rings. The highest BCUT2D eigenvalue weighted by Gasteiger charge is 2.38. The predicted octanol–water partition coefficient (Wildman–Crippen LogP) is 1.19. The molecule has 2 rings (SSSR count). The van der Waals surface area contributed by atoms with Crippen LogP contribution >= 0.6 is 8.53 Å². The molecule has 0 aliphatic carbocycles. The van der Waals surface area contributed by atoms with E-state index in [9.17, 15) is 0 Å². The van der Waals surface area contributed by atoms with Crippen molar-refractivity contribution in [2.75, 3.05) is 32.8 Å². The molecule has 2 saturated heterocycles. The quantitative estimate of drug-likeness (QED) is 0.670. The van der Waals surface area contributed by atoms with Gasteiger partial charge >= 0.3 is 0 Å². The molecule has 0 aromatic rings. The Balaban J connectivity index is 1.98. The van der Waals surface area contributed by atoms with Crippen molar-refractivity contribution in [1.29, 1.82) is 0 Å². The Labute approximate surface area is 86.9 Å². The lowest BCUT2D eigenvalue weighted by Gasteiger charge is -2.30. The van der Waals surface area contributed by atoms with E-state index in [0.29, 0.717) is 12.0 Å². The summed E-state index contributed by atoms with van der Waals surface area (Å²) in [7, 11) is -0.742. The fourth-order valence-electron chi connectivity index (χ4n) is 1.83. The van der Waals surface area contributed by atoms with E-state index in [4.69, 9.17) is 9.05 Å². The lowest BCUT2D eigenvalue weighted by atomic mass is 10.1. The summed E-state index contributed by atoms with van der Waals surface area (Å²) in [4.78, 5) is 0. The molecule has 2 atom stereocenters. The Kier molecular flexibility index (Phi) is 3.74. The van der Waals surface area contributed by atoms with Crippen LogP contribution in [0.5, 0.6) is 0 Å². The Morgan fingerprint density at radius 2 is 2.21 bits per heavy atom. The van der Waals surface area contributed by atoms with Crippen LogP contribution in [0.25, 0.3) is 0 Å². The van der Waals surface area contributed by atoms with Crippen molar-refractivity contribution in [1.82, 2.24) is 9.99 Å². The van der Waals surface area contributed by atoms with Gasteiger partial charge in [0.25, 0.3) is 8.53 Å². The second kappa shape index (κ2) is 4.86. The van der Waals surface area contributed by atoms with E-state index in [-0.39, 0.29) is 0 Å². The molecular weight excluding hydrogens is 199 g/mol. The molecule has 1 N–H and O–H groups in total. The number of hydrogen-bond acceptors (Lipinski definition) is 4. The van der Waals surface area contributed by atoms with Crippen LogP contribution in [0.4, 0.5) is 0 Å². The maximum atomic E-state index is 5.71. The van der Waals surface area contributed by atoms with E-state index in [0.717, 1.165) is 32.8 Å². The fraction of sp³-hybridized carbons (Fsp3) is 1.00. The topological polar surface area (TPSA) is 33.7 Å². The van der Waals surface area contributed by atoms with Crippen molar-refractivity contribution in [3.8, 4) is 0 Å². The summed E-state index contributed by atoms with van der Waals surface area (Å²) in [6.45, 7) is 9.15. The smallest absolute Gasteiger partial charge is 0.259 e. The van der Waals surface area contributed by atoms with Crippen LogP contribution in [0.2, 0.25) is 0 Å². The minimum absolute atomic E-state index is 0.543. The van der Waals surface area contributed by atoms with Gasteiger partial charge in [0.15, 0.2) is 0 Å². The Bertz CT molecular complexity index is 192. The van der Waals surface area contributed by atoms with Gasteiger partial charge in [0.05, 0.1) is 13.2 Å². The normalized spacial score (nSPS) is 35.4. The largest absolute Gasteiger partial charge is 0.321 e. The van der Waals surface area contributed by atoms with E-state index in [1.165, 1.54) is 0 Å². The van der Waals surface area contributed by atoms with Crippen molar-refractivity contribution < 1.29 is 9.05 Å². The molecule has 2 aliphatic heterocycles. The first kappa shape index (κ1) is 10.8. The molecule has 0 amide bonds. The summed E-state index contributed by atoms with van der Waals surface area (Å²) < 4.78 is 13.8. The average Bonchev–Trinajstić information content (AvgIpc) is 2.47. The van der Waals surface area contributed by atoms with E-state index < -0.39 is 8.53 Å². The van der Waals surface area contributed by atoms with Gasteiger partial charge in [-0.05, 0) is 5.92 Å². The highest BCUT2D eigenvalue weighted by Crippen LogP contribution is 2.50. The highest BCUT2D eigenvalue weighted by molar-refractivity contribution is 7.44. The second-order valence-electron chi connectivity index (χ2n) is 4.09. The highest BCUT2D eigenvalue weighted by atomic mass is 31.2. The summed E-state index contributed by atoms with van der Waals surface area (Å²) in [5.41, 5.74) is 0. The molecule has 5 heteroatoms. The van der Waals surface area contributed by atoms with Crippen molar-refractivity contribution in [2.24, 2.45) is 5.92 Å². The van der Waals surface area contributed by atoms with Crippen LogP contribution in [0.3, 0.4) is 0 Å². The van der Waals surface area contributed by atoms with Gasteiger partial charge in [0.1, 0.15) is 0 Å². The van der Waals surface area contributed by atoms with Crippen LogP contribution in [0.15, 0.2) is 0 Å². The van der Waals surface area contributed by atoms with Crippen LogP contribution in [0, 0.1) is 5.92 Å². The third-order valence-corrected chi connectivity index (χ3v) is 4.41. The molecule has 82 valence electrons. The maximum Gasteiger partial charge on any atom is 0.259 e. The summed E-state index contributed by atoms with van der Waals surface area (Å²) in [6, 6.07) is 0.543. The maximum absolute atomic E-state index is 5.71. The fourth-order valence-corrected chi connectivity index (χ4v) is 3.57. The van der Waals surface area contributed by atoms with Crippen LogP contribution in [-0.2, 0) is 9.05 Å². The van der Waals surface area contributed by atoms with Gasteiger partial charge in [-0.1, -0.05) is 13.8 Å². The zero-order valence-corrected chi connectivity index (χ0v) is 9.80. The van der Waals surface area contributed by atoms with E-state index in [1.807, 2.05) is 0 Å². The van der Waals surface area contributed by atoms with Gasteiger partial charge in [-0.2, -0.15) is 0 Å². The molecule has 0 saturated carbocycles. The molecule has 2 aliphatic rings.